The van der Waals surface area contributed by atoms with E-state index < -0.39 is 8.80 Å². The van der Waals surface area contributed by atoms with Crippen LogP contribution < -0.4 is 5.19 Å². The minimum absolute atomic E-state index is 0.650. The Kier molecular flexibility index (Phi) is 5.13. The van der Waals surface area contributed by atoms with Crippen molar-refractivity contribution in [1.82, 2.24) is 0 Å². The van der Waals surface area contributed by atoms with E-state index in [0.717, 1.165) is 16.1 Å². The summed E-state index contributed by atoms with van der Waals surface area (Å²) in [6.45, 7) is 0. The maximum absolute atomic E-state index is 6.23. The highest BCUT2D eigenvalue weighted by Gasteiger charge is 2.16. The fourth-order valence-corrected chi connectivity index (χ4v) is 5.10. The summed E-state index contributed by atoms with van der Waals surface area (Å²) in [6, 6.07) is 16.9. The molecule has 18 heavy (non-hydrogen) atoms. The molecular weight excluding hydrogens is 303 g/mol. The van der Waals surface area contributed by atoms with Crippen LogP contribution in [0.3, 0.4) is 0 Å². The van der Waals surface area contributed by atoms with E-state index in [0.29, 0.717) is 5.50 Å². The van der Waals surface area contributed by atoms with Gasteiger partial charge in [0, 0.05) is 15.5 Å². The molecule has 2 aromatic rings. The smallest absolute Gasteiger partial charge is 0.109 e. The summed E-state index contributed by atoms with van der Waals surface area (Å²) in [4.78, 5) is 0. The van der Waals surface area contributed by atoms with Crippen LogP contribution in [0.4, 0.5) is 0 Å². The third-order valence-corrected chi connectivity index (χ3v) is 6.81. The topological polar surface area (TPSA) is 0 Å². The second-order valence-electron chi connectivity index (χ2n) is 4.02. The molecule has 2 aromatic carbocycles. The zero-order chi connectivity index (χ0) is 13.0. The average Bonchev–Trinajstić information content (AvgIpc) is 2.39. The molecule has 1 radical (unpaired) electrons. The minimum Gasteiger partial charge on any atom is -0.130 e. The van der Waals surface area contributed by atoms with Crippen LogP contribution in [0, 0.1) is 0 Å². The lowest BCUT2D eigenvalue weighted by atomic mass is 10.2. The molecule has 0 nitrogen and oxygen atoms in total. The second kappa shape index (κ2) is 6.62. The van der Waals surface area contributed by atoms with Crippen molar-refractivity contribution in [1.29, 1.82) is 0 Å². The largest absolute Gasteiger partial charge is 0.130 e. The maximum atomic E-state index is 6.23. The van der Waals surface area contributed by atoms with Gasteiger partial charge in [0.15, 0.2) is 0 Å². The molecule has 0 atom stereocenters. The SMILES string of the molecule is ClC[Si](Cc1ccc(Cl)cc1)c1ccccc1Cl. The zero-order valence-corrected chi connectivity index (χ0v) is 12.9. The van der Waals surface area contributed by atoms with Crippen molar-refractivity contribution in [2.45, 2.75) is 6.04 Å². The standard InChI is InChI=1S/C14H12Cl3Si/c15-10-18(14-4-2-1-3-13(14)17)9-11-5-7-12(16)8-6-11/h1-8H,9-10H2. The van der Waals surface area contributed by atoms with Gasteiger partial charge in [-0.25, -0.2) is 0 Å². The van der Waals surface area contributed by atoms with E-state index >= 15 is 0 Å². The van der Waals surface area contributed by atoms with Crippen molar-refractivity contribution in [2.75, 3.05) is 5.50 Å². The molecule has 0 amide bonds. The highest BCUT2D eigenvalue weighted by Crippen LogP contribution is 2.13. The van der Waals surface area contributed by atoms with E-state index in [2.05, 4.69) is 18.2 Å². The normalized spacial score (nSPS) is 10.9. The van der Waals surface area contributed by atoms with Crippen molar-refractivity contribution < 1.29 is 0 Å². The van der Waals surface area contributed by atoms with E-state index in [-0.39, 0.29) is 0 Å². The van der Waals surface area contributed by atoms with Gasteiger partial charge in [-0.15, -0.1) is 11.6 Å². The average molecular weight is 315 g/mol. The molecule has 0 fully saturated rings. The number of alkyl halides is 1. The molecule has 2 rings (SSSR count). The molecule has 93 valence electrons. The van der Waals surface area contributed by atoms with Crippen LogP contribution in [-0.4, -0.2) is 14.3 Å². The molecular formula is C14H12Cl3Si. The first-order valence-electron chi connectivity index (χ1n) is 5.60. The molecule has 0 heterocycles. The van der Waals surface area contributed by atoms with Gasteiger partial charge >= 0.3 is 0 Å². The summed E-state index contributed by atoms with van der Waals surface area (Å²) < 4.78 is 0. The lowest BCUT2D eigenvalue weighted by Crippen LogP contribution is -2.35. The Morgan fingerprint density at radius 1 is 0.889 bits per heavy atom. The third kappa shape index (κ3) is 3.52. The van der Waals surface area contributed by atoms with Gasteiger partial charge in [-0.2, -0.15) is 0 Å². The van der Waals surface area contributed by atoms with Gasteiger partial charge in [0.2, 0.25) is 0 Å². The second-order valence-corrected chi connectivity index (χ2v) is 8.03. The number of benzene rings is 2. The van der Waals surface area contributed by atoms with Crippen LogP contribution in [0.25, 0.3) is 0 Å². The van der Waals surface area contributed by atoms with Gasteiger partial charge in [-0.1, -0.05) is 59.1 Å². The van der Waals surface area contributed by atoms with Crippen LogP contribution in [-0.2, 0) is 6.04 Å². The molecule has 0 saturated heterocycles. The van der Waals surface area contributed by atoms with E-state index in [1.807, 2.05) is 30.3 Å². The first kappa shape index (κ1) is 13.9. The lowest BCUT2D eigenvalue weighted by molar-refractivity contribution is 1.36. The van der Waals surface area contributed by atoms with Gasteiger partial charge in [-0.05, 0) is 29.4 Å². The first-order valence-corrected chi connectivity index (χ1v) is 8.81. The summed E-state index contributed by atoms with van der Waals surface area (Å²) in [5.74, 6) is 0. The van der Waals surface area contributed by atoms with Crippen molar-refractivity contribution >= 4 is 48.8 Å². The Balaban J connectivity index is 2.20. The Bertz CT molecular complexity index is 511. The predicted molar refractivity (Wildman–Crippen MR) is 82.7 cm³/mol. The van der Waals surface area contributed by atoms with Crippen LogP contribution in [0.1, 0.15) is 5.56 Å². The summed E-state index contributed by atoms with van der Waals surface area (Å²) in [6.07, 6.45) is 0. The molecule has 0 aromatic heterocycles. The number of halogens is 3. The molecule has 0 aliphatic heterocycles. The minimum atomic E-state index is -0.866. The Hall–Kier alpha value is -0.473. The summed E-state index contributed by atoms with van der Waals surface area (Å²) >= 11 is 18.2. The van der Waals surface area contributed by atoms with Crippen molar-refractivity contribution in [3.8, 4) is 0 Å². The monoisotopic (exact) mass is 313 g/mol. The predicted octanol–water partition coefficient (Wildman–Crippen LogP) is 4.26. The number of hydrogen-bond acceptors (Lipinski definition) is 0. The highest BCUT2D eigenvalue weighted by atomic mass is 35.5. The van der Waals surface area contributed by atoms with Crippen molar-refractivity contribution in [3.63, 3.8) is 0 Å². The Labute approximate surface area is 124 Å². The molecule has 0 aliphatic carbocycles. The third-order valence-electron chi connectivity index (χ3n) is 2.75. The molecule has 0 saturated carbocycles. The van der Waals surface area contributed by atoms with Crippen LogP contribution in [0.15, 0.2) is 48.5 Å². The molecule has 4 heteroatoms. The first-order chi connectivity index (χ1) is 8.70. The van der Waals surface area contributed by atoms with Gasteiger partial charge in [0.05, 0.1) is 0 Å². The van der Waals surface area contributed by atoms with Gasteiger partial charge in [0.1, 0.15) is 8.80 Å². The van der Waals surface area contributed by atoms with Gasteiger partial charge < -0.3 is 0 Å². The summed E-state index contributed by atoms with van der Waals surface area (Å²) in [5.41, 5.74) is 1.91. The fraction of sp³-hybridized carbons (Fsp3) is 0.143. The van der Waals surface area contributed by atoms with Crippen LogP contribution in [0.2, 0.25) is 10.0 Å². The summed E-state index contributed by atoms with van der Waals surface area (Å²) in [5, 5.41) is 2.78. The van der Waals surface area contributed by atoms with Crippen molar-refractivity contribution in [3.05, 3.63) is 64.1 Å². The lowest BCUT2D eigenvalue weighted by Gasteiger charge is -2.14. The van der Waals surface area contributed by atoms with Crippen LogP contribution in [0.5, 0.6) is 0 Å². The number of rotatable bonds is 4. The maximum Gasteiger partial charge on any atom is 0.109 e. The van der Waals surface area contributed by atoms with Gasteiger partial charge in [-0.3, -0.25) is 0 Å². The fourth-order valence-electron chi connectivity index (χ4n) is 1.81. The quantitative estimate of drug-likeness (QED) is 0.584. The van der Waals surface area contributed by atoms with E-state index in [9.17, 15) is 0 Å². The van der Waals surface area contributed by atoms with Crippen molar-refractivity contribution in [2.24, 2.45) is 0 Å². The molecule has 0 aliphatic rings. The molecule has 0 N–H and O–H groups in total. The molecule has 0 bridgehead atoms. The molecule has 0 unspecified atom stereocenters. The van der Waals surface area contributed by atoms with Gasteiger partial charge in [0.25, 0.3) is 0 Å². The van der Waals surface area contributed by atoms with E-state index in [1.165, 1.54) is 10.8 Å². The zero-order valence-electron chi connectivity index (χ0n) is 9.67. The Morgan fingerprint density at radius 3 is 2.17 bits per heavy atom. The van der Waals surface area contributed by atoms with E-state index in [4.69, 9.17) is 34.8 Å². The molecule has 0 spiro atoms. The van der Waals surface area contributed by atoms with Crippen LogP contribution >= 0.6 is 34.8 Å². The highest BCUT2D eigenvalue weighted by molar-refractivity contribution is 6.80. The van der Waals surface area contributed by atoms with E-state index in [1.54, 1.807) is 0 Å². The Morgan fingerprint density at radius 2 is 1.56 bits per heavy atom. The number of hydrogen-bond donors (Lipinski definition) is 0. The summed E-state index contributed by atoms with van der Waals surface area (Å²) in [7, 11) is -0.866.